The predicted octanol–water partition coefficient (Wildman–Crippen LogP) is 1.78. The molecule has 2 rings (SSSR count). The normalized spacial score (nSPS) is 16.7. The quantitative estimate of drug-likeness (QED) is 0.717. The van der Waals surface area contributed by atoms with Gasteiger partial charge in [-0.25, -0.2) is 0 Å². The fraction of sp³-hybridized carbons (Fsp3) is 0.556. The molecule has 1 amide bonds. The number of hydrogen-bond donors (Lipinski definition) is 2. The monoisotopic (exact) mass is 318 g/mol. The topological polar surface area (TPSA) is 67.4 Å². The number of ketones is 1. The van der Waals surface area contributed by atoms with Gasteiger partial charge in [-0.15, -0.1) is 0 Å². The molecule has 126 valence electrons. The van der Waals surface area contributed by atoms with Crippen LogP contribution in [0.2, 0.25) is 0 Å². The zero-order valence-electron chi connectivity index (χ0n) is 13.8. The van der Waals surface area contributed by atoms with Gasteiger partial charge in [-0.2, -0.15) is 0 Å². The van der Waals surface area contributed by atoms with Crippen molar-refractivity contribution in [1.82, 2.24) is 10.6 Å². The van der Waals surface area contributed by atoms with Crippen LogP contribution in [0.1, 0.15) is 36.0 Å². The molecular formula is C18H26N2O3. The van der Waals surface area contributed by atoms with Crippen molar-refractivity contribution in [3.63, 3.8) is 0 Å². The first kappa shape index (κ1) is 17.6. The summed E-state index contributed by atoms with van der Waals surface area (Å²) in [5.74, 6) is -0.0579. The summed E-state index contributed by atoms with van der Waals surface area (Å²) >= 11 is 0. The molecule has 0 atom stereocenters. The second-order valence-electron chi connectivity index (χ2n) is 6.25. The first-order chi connectivity index (χ1) is 11.2. The molecule has 5 nitrogen and oxygen atoms in total. The van der Waals surface area contributed by atoms with Gasteiger partial charge in [0.2, 0.25) is 5.91 Å². The van der Waals surface area contributed by atoms with E-state index in [0.717, 1.165) is 25.9 Å². The Bertz CT molecular complexity index is 505. The molecule has 1 aromatic carbocycles. The number of carbonyl (C=O) groups is 2. The molecule has 0 aromatic heterocycles. The number of nitrogens with one attached hydrogen (secondary N) is 2. The number of ether oxygens (including phenoxy) is 1. The van der Waals surface area contributed by atoms with Gasteiger partial charge in [0, 0.05) is 37.5 Å². The molecule has 0 spiro atoms. The highest BCUT2D eigenvalue weighted by molar-refractivity contribution is 5.97. The van der Waals surface area contributed by atoms with Crippen LogP contribution in [0.5, 0.6) is 0 Å². The smallest absolute Gasteiger partial charge is 0.220 e. The van der Waals surface area contributed by atoms with Crippen LogP contribution >= 0.6 is 0 Å². The Morgan fingerprint density at radius 3 is 2.52 bits per heavy atom. The molecule has 1 heterocycles. The predicted molar refractivity (Wildman–Crippen MR) is 89.4 cm³/mol. The summed E-state index contributed by atoms with van der Waals surface area (Å²) in [6.07, 6.45) is 2.46. The lowest BCUT2D eigenvalue weighted by atomic mass is 9.79. The average molecular weight is 318 g/mol. The van der Waals surface area contributed by atoms with Crippen molar-refractivity contribution in [3.05, 3.63) is 35.9 Å². The first-order valence-corrected chi connectivity index (χ1v) is 8.20. The highest BCUT2D eigenvalue weighted by Crippen LogP contribution is 2.28. The van der Waals surface area contributed by atoms with Gasteiger partial charge >= 0.3 is 0 Å². The van der Waals surface area contributed by atoms with Crippen molar-refractivity contribution in [2.45, 2.75) is 25.7 Å². The van der Waals surface area contributed by atoms with E-state index in [-0.39, 0.29) is 29.9 Å². The Morgan fingerprint density at radius 2 is 1.87 bits per heavy atom. The van der Waals surface area contributed by atoms with E-state index in [9.17, 15) is 9.59 Å². The van der Waals surface area contributed by atoms with Gasteiger partial charge in [-0.1, -0.05) is 30.3 Å². The van der Waals surface area contributed by atoms with Crippen molar-refractivity contribution >= 4 is 11.7 Å². The van der Waals surface area contributed by atoms with E-state index < -0.39 is 0 Å². The lowest BCUT2D eigenvalue weighted by Gasteiger charge is -2.37. The van der Waals surface area contributed by atoms with Crippen molar-refractivity contribution in [2.24, 2.45) is 5.41 Å². The average Bonchev–Trinajstić information content (AvgIpc) is 2.60. The highest BCUT2D eigenvalue weighted by atomic mass is 16.5. The molecule has 5 heteroatoms. The van der Waals surface area contributed by atoms with Crippen molar-refractivity contribution in [2.75, 3.05) is 33.4 Å². The lowest BCUT2D eigenvalue weighted by Crippen LogP contribution is -2.47. The summed E-state index contributed by atoms with van der Waals surface area (Å²) in [7, 11) is 1.70. The Balaban J connectivity index is 1.76. The molecule has 2 N–H and O–H groups in total. The summed E-state index contributed by atoms with van der Waals surface area (Å²) in [5.41, 5.74) is 0.675. The minimum Gasteiger partial charge on any atom is -0.384 e. The van der Waals surface area contributed by atoms with Crippen LogP contribution in [-0.4, -0.2) is 45.0 Å². The van der Waals surface area contributed by atoms with Gasteiger partial charge in [0.15, 0.2) is 5.78 Å². The summed E-state index contributed by atoms with van der Waals surface area (Å²) in [5, 5.41) is 6.32. The van der Waals surface area contributed by atoms with Crippen LogP contribution < -0.4 is 10.6 Å². The van der Waals surface area contributed by atoms with E-state index in [0.29, 0.717) is 18.7 Å². The Kier molecular flexibility index (Phi) is 6.74. The van der Waals surface area contributed by atoms with E-state index in [4.69, 9.17) is 4.74 Å². The zero-order valence-corrected chi connectivity index (χ0v) is 13.8. The number of hydrogen-bond acceptors (Lipinski definition) is 4. The lowest BCUT2D eigenvalue weighted by molar-refractivity contribution is -0.122. The Hall–Kier alpha value is -1.72. The summed E-state index contributed by atoms with van der Waals surface area (Å²) in [4.78, 5) is 24.1. The van der Waals surface area contributed by atoms with E-state index in [1.54, 1.807) is 19.2 Å². The fourth-order valence-corrected chi connectivity index (χ4v) is 3.01. The molecule has 0 radical (unpaired) electrons. The molecule has 1 fully saturated rings. The molecule has 23 heavy (non-hydrogen) atoms. The van der Waals surface area contributed by atoms with E-state index >= 15 is 0 Å². The Labute approximate surface area is 137 Å². The number of amides is 1. The second kappa shape index (κ2) is 8.79. The van der Waals surface area contributed by atoms with Gasteiger partial charge in [0.05, 0.1) is 6.61 Å². The van der Waals surface area contributed by atoms with Gasteiger partial charge < -0.3 is 15.4 Å². The second-order valence-corrected chi connectivity index (χ2v) is 6.25. The van der Waals surface area contributed by atoms with Crippen LogP contribution in [0.25, 0.3) is 0 Å². The number of methoxy groups -OCH3 is 1. The maximum absolute atomic E-state index is 12.0. The minimum atomic E-state index is -0.0664. The van der Waals surface area contributed by atoms with Crippen LogP contribution in [0.15, 0.2) is 30.3 Å². The molecule has 0 aliphatic carbocycles. The van der Waals surface area contributed by atoms with E-state index in [1.165, 1.54) is 0 Å². The third kappa shape index (κ3) is 5.44. The Morgan fingerprint density at radius 1 is 1.17 bits per heavy atom. The molecule has 1 aliphatic rings. The largest absolute Gasteiger partial charge is 0.384 e. The number of benzene rings is 1. The van der Waals surface area contributed by atoms with Gasteiger partial charge in [-0.3, -0.25) is 9.59 Å². The first-order valence-electron chi connectivity index (χ1n) is 8.20. The summed E-state index contributed by atoms with van der Waals surface area (Å²) in [6, 6.07) is 9.10. The van der Waals surface area contributed by atoms with Crippen molar-refractivity contribution in [1.29, 1.82) is 0 Å². The molecule has 0 saturated carbocycles. The van der Waals surface area contributed by atoms with Gasteiger partial charge in [-0.05, 0) is 25.9 Å². The molecule has 0 unspecified atom stereocenters. The van der Waals surface area contributed by atoms with Crippen molar-refractivity contribution < 1.29 is 14.3 Å². The summed E-state index contributed by atoms with van der Waals surface area (Å²) < 4.78 is 5.34. The standard InChI is InChI=1S/C18H26N2O3/c1-23-14-18(9-11-19-12-10-18)13-20-17(22)8-7-16(21)15-5-3-2-4-6-15/h2-6,19H,7-14H2,1H3,(H,20,22). The van der Waals surface area contributed by atoms with E-state index in [2.05, 4.69) is 10.6 Å². The molecule has 1 aromatic rings. The van der Waals surface area contributed by atoms with Crippen LogP contribution in [0.4, 0.5) is 0 Å². The van der Waals surface area contributed by atoms with Crippen molar-refractivity contribution in [3.8, 4) is 0 Å². The molecular weight excluding hydrogens is 292 g/mol. The maximum atomic E-state index is 12.0. The van der Waals surface area contributed by atoms with Crippen LogP contribution in [0.3, 0.4) is 0 Å². The van der Waals surface area contributed by atoms with E-state index in [1.807, 2.05) is 18.2 Å². The maximum Gasteiger partial charge on any atom is 0.220 e. The molecule has 1 aliphatic heterocycles. The zero-order chi connectivity index (χ0) is 16.5. The number of carbonyl (C=O) groups excluding carboxylic acids is 2. The molecule has 1 saturated heterocycles. The van der Waals surface area contributed by atoms with Gasteiger partial charge in [0.1, 0.15) is 0 Å². The third-order valence-corrected chi connectivity index (χ3v) is 4.45. The van der Waals surface area contributed by atoms with Crippen LogP contribution in [-0.2, 0) is 9.53 Å². The SMILES string of the molecule is COCC1(CNC(=O)CCC(=O)c2ccccc2)CCNCC1. The highest BCUT2D eigenvalue weighted by Gasteiger charge is 2.32. The number of Topliss-reactive ketones (excluding diaryl/α,β-unsaturated/α-hetero) is 1. The van der Waals surface area contributed by atoms with Crippen LogP contribution in [0, 0.1) is 5.41 Å². The molecule has 0 bridgehead atoms. The third-order valence-electron chi connectivity index (χ3n) is 4.45. The fourth-order valence-electron chi connectivity index (χ4n) is 3.01. The minimum absolute atomic E-state index is 0.00854. The number of rotatable bonds is 8. The summed E-state index contributed by atoms with van der Waals surface area (Å²) in [6.45, 7) is 3.16. The van der Waals surface area contributed by atoms with Gasteiger partial charge in [0.25, 0.3) is 0 Å². The number of piperidine rings is 1.